The van der Waals surface area contributed by atoms with Crippen molar-refractivity contribution in [2.24, 2.45) is 10.4 Å². The number of hydrogen-bond acceptors (Lipinski definition) is 5. The summed E-state index contributed by atoms with van der Waals surface area (Å²) in [7, 11) is 0. The topological polar surface area (TPSA) is 77.7 Å². The van der Waals surface area contributed by atoms with Crippen molar-refractivity contribution in [2.45, 2.75) is 26.3 Å². The van der Waals surface area contributed by atoms with Crippen molar-refractivity contribution in [3.05, 3.63) is 46.8 Å². The summed E-state index contributed by atoms with van der Waals surface area (Å²) in [6.45, 7) is 2.64. The van der Waals surface area contributed by atoms with E-state index in [0.29, 0.717) is 13.0 Å². The molecule has 2 aromatic rings. The van der Waals surface area contributed by atoms with E-state index in [1.54, 1.807) is 4.68 Å². The summed E-state index contributed by atoms with van der Waals surface area (Å²) >= 11 is 0. The Hall–Kier alpha value is -2.24. The molecule has 1 aromatic heterocycles. The Morgan fingerprint density at radius 2 is 2.11 bits per heavy atom. The molecule has 0 unspecified atom stereocenters. The van der Waals surface area contributed by atoms with Gasteiger partial charge >= 0.3 is 5.88 Å². The van der Waals surface area contributed by atoms with Crippen LogP contribution in [0.2, 0.25) is 0 Å². The van der Waals surface area contributed by atoms with E-state index in [-0.39, 0.29) is 5.88 Å². The number of benzene rings is 1. The Bertz CT molecular complexity index is 522. The minimum atomic E-state index is 0.195. The van der Waals surface area contributed by atoms with Crippen LogP contribution in [-0.2, 0) is 19.4 Å². The van der Waals surface area contributed by atoms with Crippen molar-refractivity contribution in [1.82, 2.24) is 5.27 Å². The van der Waals surface area contributed by atoms with Crippen LogP contribution in [-0.4, -0.2) is 5.27 Å². The van der Waals surface area contributed by atoms with E-state index in [4.69, 9.17) is 4.52 Å². The molecule has 18 heavy (non-hydrogen) atoms. The third-order valence-electron chi connectivity index (χ3n) is 2.71. The molecule has 6 nitrogen and oxygen atoms in total. The lowest BCUT2D eigenvalue weighted by atomic mass is 10.1. The molecule has 1 heterocycles. The molecule has 0 aliphatic rings. The van der Waals surface area contributed by atoms with E-state index < -0.39 is 0 Å². The van der Waals surface area contributed by atoms with Crippen LogP contribution >= 0.6 is 0 Å². The number of hydrogen-bond donors (Lipinski definition) is 0. The van der Waals surface area contributed by atoms with Crippen LogP contribution in [0.1, 0.15) is 18.2 Å². The summed E-state index contributed by atoms with van der Waals surface area (Å²) in [4.78, 5) is 0. The number of rotatable bonds is 5. The average molecular weight is 246 g/mol. The van der Waals surface area contributed by atoms with E-state index in [2.05, 4.69) is 27.8 Å². The van der Waals surface area contributed by atoms with Crippen molar-refractivity contribution < 1.29 is 9.20 Å². The Morgan fingerprint density at radius 3 is 2.78 bits per heavy atom. The summed E-state index contributed by atoms with van der Waals surface area (Å²) in [6.07, 6.45) is 1.53. The highest BCUT2D eigenvalue weighted by molar-refractivity contribution is 5.23. The van der Waals surface area contributed by atoms with Crippen LogP contribution in [0.15, 0.2) is 45.2 Å². The van der Waals surface area contributed by atoms with E-state index in [1.807, 2.05) is 25.1 Å². The fourth-order valence-electron chi connectivity index (χ4n) is 1.80. The zero-order chi connectivity index (χ0) is 12.8. The SMILES string of the molecule is CCc1c(/N=N/[O-])on[n+]1CCc1ccccc1. The molecule has 0 amide bonds. The van der Waals surface area contributed by atoms with Gasteiger partial charge in [-0.05, 0) is 10.2 Å². The molecule has 0 radical (unpaired) electrons. The molecular formula is C12H14N4O2. The fraction of sp³-hybridized carbons (Fsp3) is 0.333. The normalized spacial score (nSPS) is 11.2. The second-order valence-corrected chi connectivity index (χ2v) is 3.82. The minimum absolute atomic E-state index is 0.195. The van der Waals surface area contributed by atoms with Crippen LogP contribution in [0, 0.1) is 5.21 Å². The van der Waals surface area contributed by atoms with Gasteiger partial charge in [0.25, 0.3) is 5.69 Å². The smallest absolute Gasteiger partial charge is 0.342 e. The lowest BCUT2D eigenvalue weighted by Crippen LogP contribution is -2.40. The molecule has 0 atom stereocenters. The van der Waals surface area contributed by atoms with E-state index >= 15 is 0 Å². The summed E-state index contributed by atoms with van der Waals surface area (Å²) in [5, 5.41) is 19.8. The van der Waals surface area contributed by atoms with Gasteiger partial charge in [0, 0.05) is 12.8 Å². The highest BCUT2D eigenvalue weighted by atomic mass is 16.5. The number of nitrogens with zero attached hydrogens (tertiary/aromatic N) is 4. The summed E-state index contributed by atoms with van der Waals surface area (Å²) in [5.74, 6) is 0.195. The van der Waals surface area contributed by atoms with E-state index in [9.17, 15) is 5.21 Å². The Balaban J connectivity index is 2.10. The monoisotopic (exact) mass is 246 g/mol. The molecule has 0 saturated heterocycles. The van der Waals surface area contributed by atoms with Gasteiger partial charge < -0.3 is 5.21 Å². The van der Waals surface area contributed by atoms with E-state index in [1.165, 1.54) is 5.56 Å². The van der Waals surface area contributed by atoms with Gasteiger partial charge in [0.15, 0.2) is 6.54 Å². The van der Waals surface area contributed by atoms with Crippen molar-refractivity contribution in [3.63, 3.8) is 0 Å². The summed E-state index contributed by atoms with van der Waals surface area (Å²) < 4.78 is 6.69. The zero-order valence-corrected chi connectivity index (χ0v) is 10.1. The van der Waals surface area contributed by atoms with Gasteiger partial charge in [0.2, 0.25) is 5.27 Å². The Kier molecular flexibility index (Phi) is 4.01. The minimum Gasteiger partial charge on any atom is -0.775 e. The van der Waals surface area contributed by atoms with Crippen LogP contribution in [0.3, 0.4) is 0 Å². The van der Waals surface area contributed by atoms with Crippen molar-refractivity contribution in [2.75, 3.05) is 0 Å². The molecule has 0 bridgehead atoms. The third-order valence-corrected chi connectivity index (χ3v) is 2.71. The van der Waals surface area contributed by atoms with Crippen molar-refractivity contribution in [1.29, 1.82) is 0 Å². The molecule has 1 aromatic carbocycles. The molecule has 0 N–H and O–H groups in total. The van der Waals surface area contributed by atoms with Gasteiger partial charge in [-0.1, -0.05) is 37.3 Å². The number of aromatic nitrogens is 2. The quantitative estimate of drug-likeness (QED) is 0.461. The molecule has 0 aliphatic carbocycles. The maximum atomic E-state index is 10.1. The van der Waals surface area contributed by atoms with Gasteiger partial charge in [-0.2, -0.15) is 0 Å². The first kappa shape index (κ1) is 12.2. The molecule has 0 fully saturated rings. The van der Waals surface area contributed by atoms with Crippen LogP contribution in [0.5, 0.6) is 0 Å². The maximum absolute atomic E-state index is 10.1. The summed E-state index contributed by atoms with van der Waals surface area (Å²) in [5.41, 5.74) is 2.01. The molecule has 0 aliphatic heterocycles. The lowest BCUT2D eigenvalue weighted by Gasteiger charge is -1.95. The zero-order valence-electron chi connectivity index (χ0n) is 10.1. The van der Waals surface area contributed by atoms with Crippen molar-refractivity contribution >= 4 is 5.88 Å². The first-order valence-corrected chi connectivity index (χ1v) is 5.81. The second-order valence-electron chi connectivity index (χ2n) is 3.82. The predicted octanol–water partition coefficient (Wildman–Crippen LogP) is 2.35. The van der Waals surface area contributed by atoms with E-state index in [0.717, 1.165) is 12.1 Å². The van der Waals surface area contributed by atoms with Crippen LogP contribution in [0.25, 0.3) is 0 Å². The fourth-order valence-corrected chi connectivity index (χ4v) is 1.80. The first-order chi connectivity index (χ1) is 8.85. The van der Waals surface area contributed by atoms with Crippen LogP contribution < -0.4 is 4.68 Å². The largest absolute Gasteiger partial charge is 0.775 e. The standard InChI is InChI=1S/C12H14N4O2/c1-2-11-12(13-14-17)18-15-16(11)9-8-10-6-4-3-5-7-10/h3-7H,2,8-9H2,1H3. The third kappa shape index (κ3) is 2.71. The molecular weight excluding hydrogens is 232 g/mol. The van der Waals surface area contributed by atoms with Crippen molar-refractivity contribution in [3.8, 4) is 0 Å². The Labute approximate surface area is 105 Å². The van der Waals surface area contributed by atoms with Crippen LogP contribution in [0.4, 0.5) is 5.88 Å². The lowest BCUT2D eigenvalue weighted by molar-refractivity contribution is -0.767. The average Bonchev–Trinajstić information content (AvgIpc) is 2.80. The first-order valence-electron chi connectivity index (χ1n) is 5.81. The summed E-state index contributed by atoms with van der Waals surface area (Å²) in [6, 6.07) is 10.1. The molecule has 2 rings (SSSR count). The molecule has 94 valence electrons. The van der Waals surface area contributed by atoms with Gasteiger partial charge in [-0.25, -0.2) is 5.28 Å². The molecule has 6 heteroatoms. The van der Waals surface area contributed by atoms with Gasteiger partial charge in [-0.3, -0.25) is 4.52 Å². The maximum Gasteiger partial charge on any atom is 0.342 e. The van der Waals surface area contributed by atoms with Gasteiger partial charge in [0.05, 0.1) is 0 Å². The highest BCUT2D eigenvalue weighted by Crippen LogP contribution is 2.15. The molecule has 0 spiro atoms. The highest BCUT2D eigenvalue weighted by Gasteiger charge is 2.22. The Morgan fingerprint density at radius 1 is 1.33 bits per heavy atom. The second kappa shape index (κ2) is 5.90. The molecule has 0 saturated carbocycles. The van der Waals surface area contributed by atoms with Gasteiger partial charge in [0.1, 0.15) is 0 Å². The number of aryl methyl sites for hydroxylation is 2. The predicted molar refractivity (Wildman–Crippen MR) is 64.1 cm³/mol. The van der Waals surface area contributed by atoms with Gasteiger partial charge in [-0.15, -0.1) is 5.11 Å².